The normalized spacial score (nSPS) is 15.8. The van der Waals surface area contributed by atoms with Crippen LogP contribution in [-0.2, 0) is 6.42 Å². The van der Waals surface area contributed by atoms with Gasteiger partial charge in [0.2, 0.25) is 5.95 Å². The molecule has 1 unspecified atom stereocenters. The summed E-state index contributed by atoms with van der Waals surface area (Å²) >= 11 is 0. The topological polar surface area (TPSA) is 29.9 Å². The molecule has 0 bridgehead atoms. The van der Waals surface area contributed by atoms with E-state index in [1.807, 2.05) is 6.07 Å². The minimum Gasteiger partial charge on any atom is -0.325 e. The van der Waals surface area contributed by atoms with Crippen LogP contribution < -0.4 is 5.32 Å². The summed E-state index contributed by atoms with van der Waals surface area (Å²) in [5.41, 5.74) is 8.40. The van der Waals surface area contributed by atoms with E-state index in [1.54, 1.807) is 0 Å². The Hall–Kier alpha value is -3.33. The number of rotatable bonds is 3. The fourth-order valence-electron chi connectivity index (χ4n) is 4.04. The second-order valence-electron chi connectivity index (χ2n) is 7.35. The Morgan fingerprint density at radius 1 is 0.929 bits per heavy atom. The Bertz CT molecular complexity index is 1180. The number of allylic oxidation sites excluding steroid dienone is 1. The van der Waals surface area contributed by atoms with E-state index in [0.717, 1.165) is 29.1 Å². The zero-order valence-electron chi connectivity index (χ0n) is 16.2. The number of anilines is 1. The number of aryl methyl sites for hydroxylation is 2. The number of hydrogen-bond donors (Lipinski definition) is 1. The highest BCUT2D eigenvalue weighted by Gasteiger charge is 2.26. The molecule has 0 saturated carbocycles. The van der Waals surface area contributed by atoms with Gasteiger partial charge in [-0.2, -0.15) is 0 Å². The maximum absolute atomic E-state index is 4.88. The lowest BCUT2D eigenvalue weighted by molar-refractivity contribution is 0.716. The Morgan fingerprint density at radius 2 is 1.68 bits per heavy atom. The zero-order valence-corrected chi connectivity index (χ0v) is 16.2. The van der Waals surface area contributed by atoms with Gasteiger partial charge in [0.1, 0.15) is 0 Å². The molecular formula is C25H23N3. The zero-order chi connectivity index (χ0) is 19.1. The van der Waals surface area contributed by atoms with E-state index in [0.29, 0.717) is 0 Å². The molecule has 28 heavy (non-hydrogen) atoms. The van der Waals surface area contributed by atoms with Gasteiger partial charge in [-0.25, -0.2) is 4.98 Å². The average Bonchev–Trinajstić information content (AvgIpc) is 3.12. The molecule has 0 fully saturated rings. The number of hydrogen-bond acceptors (Lipinski definition) is 2. The fraction of sp³-hybridized carbons (Fsp3) is 0.160. The second-order valence-corrected chi connectivity index (χ2v) is 7.35. The van der Waals surface area contributed by atoms with E-state index < -0.39 is 0 Å². The highest BCUT2D eigenvalue weighted by atomic mass is 15.2. The van der Waals surface area contributed by atoms with Crippen molar-refractivity contribution in [2.75, 3.05) is 5.32 Å². The first kappa shape index (κ1) is 16.8. The average molecular weight is 365 g/mol. The largest absolute Gasteiger partial charge is 0.325 e. The smallest absolute Gasteiger partial charge is 0.209 e. The van der Waals surface area contributed by atoms with Gasteiger partial charge >= 0.3 is 0 Å². The molecule has 1 N–H and O–H groups in total. The number of nitrogens with one attached hydrogen (secondary N) is 1. The number of imidazole rings is 1. The van der Waals surface area contributed by atoms with Crippen molar-refractivity contribution in [1.82, 2.24) is 9.55 Å². The lowest BCUT2D eigenvalue weighted by Crippen LogP contribution is -2.19. The summed E-state index contributed by atoms with van der Waals surface area (Å²) < 4.78 is 2.31. The monoisotopic (exact) mass is 365 g/mol. The molecule has 4 aromatic rings. The number of nitrogens with zero attached hydrogens (tertiary/aromatic N) is 2. The molecule has 0 spiro atoms. The molecule has 3 heteroatoms. The predicted molar refractivity (Wildman–Crippen MR) is 116 cm³/mol. The third kappa shape index (κ3) is 2.71. The molecule has 1 aliphatic rings. The Morgan fingerprint density at radius 3 is 2.46 bits per heavy atom. The summed E-state index contributed by atoms with van der Waals surface area (Å²) in [4.78, 5) is 4.88. The standard InChI is InChI=1S/C25H23N3/c1-3-18-12-14-19(15-13-18)22-16-24(20-9-5-4-8-17(20)2)28-23-11-7-6-10-21(23)26-25(28)27-22/h4-16,24H,3H2,1-2H3,(H,26,27). The highest BCUT2D eigenvalue weighted by molar-refractivity contribution is 5.85. The molecule has 2 heterocycles. The van der Waals surface area contributed by atoms with Gasteiger partial charge < -0.3 is 5.32 Å². The first-order valence-electron chi connectivity index (χ1n) is 9.85. The van der Waals surface area contributed by atoms with Crippen LogP contribution in [0.4, 0.5) is 5.95 Å². The van der Waals surface area contributed by atoms with Crippen LogP contribution in [0.1, 0.15) is 35.2 Å². The molecule has 138 valence electrons. The van der Waals surface area contributed by atoms with Gasteiger partial charge in [0.15, 0.2) is 0 Å². The molecule has 1 aromatic heterocycles. The molecule has 1 atom stereocenters. The van der Waals surface area contributed by atoms with Gasteiger partial charge in [0, 0.05) is 5.70 Å². The van der Waals surface area contributed by atoms with Crippen LogP contribution in [0.3, 0.4) is 0 Å². The van der Waals surface area contributed by atoms with Crippen molar-refractivity contribution in [3.8, 4) is 0 Å². The van der Waals surface area contributed by atoms with Gasteiger partial charge in [-0.1, -0.05) is 67.6 Å². The summed E-state index contributed by atoms with van der Waals surface area (Å²) in [5.74, 6) is 0.895. The number of para-hydroxylation sites is 2. The van der Waals surface area contributed by atoms with Crippen molar-refractivity contribution in [1.29, 1.82) is 0 Å². The number of benzene rings is 3. The van der Waals surface area contributed by atoms with E-state index in [-0.39, 0.29) is 6.04 Å². The summed E-state index contributed by atoms with van der Waals surface area (Å²) in [7, 11) is 0. The Labute approximate surface area is 165 Å². The van der Waals surface area contributed by atoms with E-state index in [4.69, 9.17) is 4.98 Å². The Kier molecular flexibility index (Phi) is 4.01. The van der Waals surface area contributed by atoms with Gasteiger partial charge in [0.25, 0.3) is 0 Å². The van der Waals surface area contributed by atoms with Crippen LogP contribution in [0.25, 0.3) is 16.7 Å². The maximum atomic E-state index is 4.88. The molecule has 0 radical (unpaired) electrons. The SMILES string of the molecule is CCc1ccc(C2=CC(c3ccccc3C)n3c(nc4ccccc43)N2)cc1. The number of fused-ring (bicyclic) bond motifs is 3. The van der Waals surface area contributed by atoms with Gasteiger partial charge in [-0.05, 0) is 53.8 Å². The van der Waals surface area contributed by atoms with Gasteiger partial charge in [-0.3, -0.25) is 4.57 Å². The molecule has 1 aliphatic heterocycles. The van der Waals surface area contributed by atoms with Crippen LogP contribution in [0, 0.1) is 6.92 Å². The van der Waals surface area contributed by atoms with Crippen molar-refractivity contribution < 1.29 is 0 Å². The van der Waals surface area contributed by atoms with Crippen molar-refractivity contribution in [2.24, 2.45) is 0 Å². The third-order valence-electron chi connectivity index (χ3n) is 5.63. The summed E-state index contributed by atoms with van der Waals surface area (Å²) in [5, 5.41) is 3.57. The molecule has 0 amide bonds. The van der Waals surface area contributed by atoms with E-state index in [1.165, 1.54) is 22.3 Å². The first-order chi connectivity index (χ1) is 13.7. The third-order valence-corrected chi connectivity index (χ3v) is 5.63. The van der Waals surface area contributed by atoms with Crippen LogP contribution in [-0.4, -0.2) is 9.55 Å². The van der Waals surface area contributed by atoms with Crippen molar-refractivity contribution >= 4 is 22.7 Å². The summed E-state index contributed by atoms with van der Waals surface area (Å²) in [6.07, 6.45) is 3.37. The van der Waals surface area contributed by atoms with E-state index in [2.05, 4.69) is 96.5 Å². The highest BCUT2D eigenvalue weighted by Crippen LogP contribution is 2.37. The predicted octanol–water partition coefficient (Wildman–Crippen LogP) is 5.96. The van der Waals surface area contributed by atoms with Crippen molar-refractivity contribution in [2.45, 2.75) is 26.3 Å². The lowest BCUT2D eigenvalue weighted by atomic mass is 9.97. The quantitative estimate of drug-likeness (QED) is 0.485. The molecular weight excluding hydrogens is 342 g/mol. The first-order valence-corrected chi connectivity index (χ1v) is 9.85. The minimum atomic E-state index is 0.103. The van der Waals surface area contributed by atoms with E-state index >= 15 is 0 Å². The second kappa shape index (κ2) is 6.68. The molecule has 5 rings (SSSR count). The maximum Gasteiger partial charge on any atom is 0.209 e. The van der Waals surface area contributed by atoms with Crippen LogP contribution in [0.15, 0.2) is 78.9 Å². The minimum absolute atomic E-state index is 0.103. The Balaban J connectivity index is 1.70. The van der Waals surface area contributed by atoms with Crippen LogP contribution >= 0.6 is 0 Å². The van der Waals surface area contributed by atoms with Gasteiger partial charge in [-0.15, -0.1) is 0 Å². The lowest BCUT2D eigenvalue weighted by Gasteiger charge is -2.27. The van der Waals surface area contributed by atoms with Crippen molar-refractivity contribution in [3.63, 3.8) is 0 Å². The summed E-state index contributed by atoms with van der Waals surface area (Å²) in [6.45, 7) is 4.36. The van der Waals surface area contributed by atoms with Crippen molar-refractivity contribution in [3.05, 3.63) is 101 Å². The fourth-order valence-corrected chi connectivity index (χ4v) is 4.04. The van der Waals surface area contributed by atoms with E-state index in [9.17, 15) is 0 Å². The summed E-state index contributed by atoms with van der Waals surface area (Å²) in [6, 6.07) is 25.9. The molecule has 0 aliphatic carbocycles. The molecule has 3 nitrogen and oxygen atoms in total. The van der Waals surface area contributed by atoms with Crippen LogP contribution in [0.5, 0.6) is 0 Å². The van der Waals surface area contributed by atoms with Gasteiger partial charge in [0.05, 0.1) is 17.1 Å². The number of aromatic nitrogens is 2. The molecule has 3 aromatic carbocycles. The van der Waals surface area contributed by atoms with Crippen LogP contribution in [0.2, 0.25) is 0 Å². The molecule has 0 saturated heterocycles.